The zero-order valence-electron chi connectivity index (χ0n) is 7.55. The summed E-state index contributed by atoms with van der Waals surface area (Å²) in [5.41, 5.74) is 1.02. The van der Waals surface area contributed by atoms with Crippen molar-refractivity contribution in [3.63, 3.8) is 0 Å². The Bertz CT molecular complexity index is 257. The van der Waals surface area contributed by atoms with E-state index < -0.39 is 6.29 Å². The summed E-state index contributed by atoms with van der Waals surface area (Å²) in [7, 11) is 0. The lowest BCUT2D eigenvalue weighted by Gasteiger charge is -2.01. The van der Waals surface area contributed by atoms with Gasteiger partial charge in [0.2, 0.25) is 0 Å². The number of hydrogen-bond acceptors (Lipinski definition) is 3. The second kappa shape index (κ2) is 5.45. The number of hydrogen-bond donors (Lipinski definition) is 1. The third kappa shape index (κ3) is 4.40. The molecule has 0 spiro atoms. The van der Waals surface area contributed by atoms with Crippen LogP contribution in [0, 0.1) is 0 Å². The molecular formula is C10H13NO2. The minimum atomic E-state index is -0.710. The molecule has 1 unspecified atom stereocenters. The molecule has 1 aromatic heterocycles. The molecule has 0 aromatic carbocycles. The lowest BCUT2D eigenvalue weighted by atomic mass is 10.3. The Labute approximate surface area is 77.7 Å². The zero-order valence-corrected chi connectivity index (χ0v) is 7.55. The summed E-state index contributed by atoms with van der Waals surface area (Å²) in [6.07, 6.45) is 6.51. The highest BCUT2D eigenvalue weighted by molar-refractivity contribution is 5.47. The van der Waals surface area contributed by atoms with Gasteiger partial charge in [0.15, 0.2) is 6.29 Å². The second-order valence-electron chi connectivity index (χ2n) is 2.62. The fourth-order valence-electron chi connectivity index (χ4n) is 0.854. The molecule has 0 fully saturated rings. The Kier molecular flexibility index (Phi) is 4.15. The van der Waals surface area contributed by atoms with Crippen LogP contribution in [0.5, 0.6) is 0 Å². The number of rotatable bonds is 4. The molecule has 3 nitrogen and oxygen atoms in total. The average molecular weight is 179 g/mol. The van der Waals surface area contributed by atoms with Gasteiger partial charge in [0.25, 0.3) is 0 Å². The summed E-state index contributed by atoms with van der Waals surface area (Å²) in [5.74, 6) is 0. The van der Waals surface area contributed by atoms with E-state index in [0.717, 1.165) is 5.56 Å². The third-order valence-electron chi connectivity index (χ3n) is 1.43. The van der Waals surface area contributed by atoms with Crippen molar-refractivity contribution in [3.8, 4) is 0 Å². The van der Waals surface area contributed by atoms with Gasteiger partial charge in [0, 0.05) is 12.4 Å². The Morgan fingerprint density at radius 2 is 2.54 bits per heavy atom. The van der Waals surface area contributed by atoms with Crippen molar-refractivity contribution < 1.29 is 9.84 Å². The predicted molar refractivity (Wildman–Crippen MR) is 50.9 cm³/mol. The molecule has 1 N–H and O–H groups in total. The zero-order chi connectivity index (χ0) is 9.52. The van der Waals surface area contributed by atoms with Gasteiger partial charge in [0.1, 0.15) is 0 Å². The average Bonchev–Trinajstić information content (AvgIpc) is 2.14. The van der Waals surface area contributed by atoms with E-state index in [2.05, 4.69) is 4.98 Å². The van der Waals surface area contributed by atoms with E-state index in [1.54, 1.807) is 19.3 Å². The molecule has 0 saturated carbocycles. The van der Waals surface area contributed by atoms with E-state index >= 15 is 0 Å². The first kappa shape index (κ1) is 9.89. The van der Waals surface area contributed by atoms with Gasteiger partial charge in [-0.15, -0.1) is 0 Å². The van der Waals surface area contributed by atoms with E-state index in [1.165, 1.54) is 0 Å². The molecule has 0 aliphatic heterocycles. The number of aromatic nitrogens is 1. The minimum Gasteiger partial charge on any atom is -0.368 e. The van der Waals surface area contributed by atoms with E-state index in [-0.39, 0.29) is 0 Å². The van der Waals surface area contributed by atoms with E-state index in [1.807, 2.05) is 24.3 Å². The van der Waals surface area contributed by atoms with Crippen LogP contribution in [0.4, 0.5) is 0 Å². The summed E-state index contributed by atoms with van der Waals surface area (Å²) in [6.45, 7) is 1.99. The molecule has 0 aliphatic rings. The first-order valence-corrected chi connectivity index (χ1v) is 4.15. The summed E-state index contributed by atoms with van der Waals surface area (Å²) >= 11 is 0. The molecular weight excluding hydrogens is 166 g/mol. The molecule has 0 amide bonds. The molecule has 0 saturated heterocycles. The Hall–Kier alpha value is -1.19. The van der Waals surface area contributed by atoms with Crippen molar-refractivity contribution >= 4 is 6.08 Å². The van der Waals surface area contributed by atoms with Crippen LogP contribution in [-0.4, -0.2) is 23.0 Å². The van der Waals surface area contributed by atoms with Crippen LogP contribution in [0.25, 0.3) is 6.08 Å². The highest BCUT2D eigenvalue weighted by atomic mass is 16.6. The third-order valence-corrected chi connectivity index (χ3v) is 1.43. The van der Waals surface area contributed by atoms with Crippen LogP contribution in [0.3, 0.4) is 0 Å². The molecule has 1 rings (SSSR count). The Balaban J connectivity index is 2.33. The monoisotopic (exact) mass is 179 g/mol. The largest absolute Gasteiger partial charge is 0.368 e. The molecule has 13 heavy (non-hydrogen) atoms. The van der Waals surface area contributed by atoms with Crippen LogP contribution >= 0.6 is 0 Å². The van der Waals surface area contributed by atoms with Crippen molar-refractivity contribution in [2.45, 2.75) is 13.2 Å². The minimum absolute atomic E-state index is 0.409. The van der Waals surface area contributed by atoms with Gasteiger partial charge in [-0.05, 0) is 18.6 Å². The van der Waals surface area contributed by atoms with Crippen molar-refractivity contribution in [2.24, 2.45) is 0 Å². The molecule has 3 heteroatoms. The number of pyridine rings is 1. The molecule has 0 bridgehead atoms. The van der Waals surface area contributed by atoms with Crippen molar-refractivity contribution in [2.75, 3.05) is 6.61 Å². The molecule has 0 aliphatic carbocycles. The van der Waals surface area contributed by atoms with Crippen molar-refractivity contribution in [1.29, 1.82) is 0 Å². The van der Waals surface area contributed by atoms with Gasteiger partial charge in [-0.1, -0.05) is 18.2 Å². The highest BCUT2D eigenvalue weighted by Gasteiger charge is 1.89. The Morgan fingerprint density at radius 1 is 1.69 bits per heavy atom. The van der Waals surface area contributed by atoms with Crippen LogP contribution < -0.4 is 0 Å². The summed E-state index contributed by atoms with van der Waals surface area (Å²) < 4.78 is 4.91. The lowest BCUT2D eigenvalue weighted by molar-refractivity contribution is -0.0738. The van der Waals surface area contributed by atoms with Gasteiger partial charge in [-0.2, -0.15) is 0 Å². The predicted octanol–water partition coefficient (Wildman–Crippen LogP) is 1.45. The summed E-state index contributed by atoms with van der Waals surface area (Å²) in [6, 6.07) is 3.82. The quantitative estimate of drug-likeness (QED) is 0.711. The first-order chi connectivity index (χ1) is 6.29. The molecule has 0 radical (unpaired) electrons. The van der Waals surface area contributed by atoms with Gasteiger partial charge < -0.3 is 9.84 Å². The Morgan fingerprint density at radius 3 is 3.15 bits per heavy atom. The molecule has 1 heterocycles. The fourth-order valence-corrected chi connectivity index (χ4v) is 0.854. The summed E-state index contributed by atoms with van der Waals surface area (Å²) in [5, 5.41) is 8.78. The van der Waals surface area contributed by atoms with Crippen LogP contribution in [0.15, 0.2) is 30.6 Å². The molecule has 1 atom stereocenters. The maximum atomic E-state index is 8.78. The van der Waals surface area contributed by atoms with E-state index in [4.69, 9.17) is 9.84 Å². The van der Waals surface area contributed by atoms with Crippen LogP contribution in [0.2, 0.25) is 0 Å². The number of aliphatic hydroxyl groups excluding tert-OH is 1. The van der Waals surface area contributed by atoms with Gasteiger partial charge in [-0.25, -0.2) is 0 Å². The normalized spacial score (nSPS) is 13.4. The molecule has 1 aromatic rings. The number of ether oxygens (including phenoxy) is 1. The van der Waals surface area contributed by atoms with Crippen molar-refractivity contribution in [1.82, 2.24) is 4.98 Å². The molecule has 70 valence electrons. The number of nitrogens with zero attached hydrogens (tertiary/aromatic N) is 1. The maximum absolute atomic E-state index is 8.78. The highest BCUT2D eigenvalue weighted by Crippen LogP contribution is 1.98. The van der Waals surface area contributed by atoms with Crippen LogP contribution in [-0.2, 0) is 4.74 Å². The lowest BCUT2D eigenvalue weighted by Crippen LogP contribution is -2.05. The van der Waals surface area contributed by atoms with Crippen molar-refractivity contribution in [3.05, 3.63) is 36.2 Å². The first-order valence-electron chi connectivity index (χ1n) is 4.15. The van der Waals surface area contributed by atoms with Gasteiger partial charge in [-0.3, -0.25) is 4.98 Å². The summed E-state index contributed by atoms with van der Waals surface area (Å²) in [4.78, 5) is 3.96. The van der Waals surface area contributed by atoms with E-state index in [9.17, 15) is 0 Å². The standard InChI is InChI=1S/C10H13NO2/c1-9(12)13-7-3-5-10-4-2-6-11-8-10/h2-6,8-9,12H,7H2,1H3/b5-3+. The van der Waals surface area contributed by atoms with Gasteiger partial charge >= 0.3 is 0 Å². The second-order valence-corrected chi connectivity index (χ2v) is 2.62. The fraction of sp³-hybridized carbons (Fsp3) is 0.300. The maximum Gasteiger partial charge on any atom is 0.152 e. The number of aliphatic hydroxyl groups is 1. The van der Waals surface area contributed by atoms with Gasteiger partial charge in [0.05, 0.1) is 6.61 Å². The van der Waals surface area contributed by atoms with Crippen LogP contribution in [0.1, 0.15) is 12.5 Å². The smallest absolute Gasteiger partial charge is 0.152 e. The SMILES string of the molecule is CC(O)OC/C=C/c1cccnc1. The van der Waals surface area contributed by atoms with E-state index in [0.29, 0.717) is 6.61 Å². The topological polar surface area (TPSA) is 42.4 Å².